The molecule has 3 heterocycles. The van der Waals surface area contributed by atoms with Crippen LogP contribution in [0.5, 0.6) is 5.75 Å². The van der Waals surface area contributed by atoms with Crippen LogP contribution in [0.15, 0.2) is 30.3 Å². The van der Waals surface area contributed by atoms with Gasteiger partial charge in [0.25, 0.3) is 5.91 Å². The number of hydrogen-bond acceptors (Lipinski definition) is 6. The molecule has 3 aromatic rings. The van der Waals surface area contributed by atoms with Crippen LogP contribution in [0.3, 0.4) is 0 Å². The summed E-state index contributed by atoms with van der Waals surface area (Å²) in [4.78, 5) is 28.4. The maximum atomic E-state index is 13.9. The molecular formula is C33H50N6O2. The number of benzene rings is 1. The van der Waals surface area contributed by atoms with E-state index in [9.17, 15) is 4.79 Å². The zero-order valence-corrected chi connectivity index (χ0v) is 26.1. The minimum Gasteiger partial charge on any atom is -0.497 e. The van der Waals surface area contributed by atoms with E-state index in [2.05, 4.69) is 42.5 Å². The summed E-state index contributed by atoms with van der Waals surface area (Å²) in [5.41, 5.74) is 4.03. The molecule has 224 valence electrons. The van der Waals surface area contributed by atoms with E-state index < -0.39 is 0 Å². The van der Waals surface area contributed by atoms with Crippen LogP contribution < -0.4 is 10.1 Å². The molecule has 1 amide bonds. The molecule has 8 heteroatoms. The fourth-order valence-electron chi connectivity index (χ4n) is 5.40. The average molecular weight is 563 g/mol. The first kappa shape index (κ1) is 30.8. The summed E-state index contributed by atoms with van der Waals surface area (Å²) in [7, 11) is 1.67. The maximum absolute atomic E-state index is 13.9. The molecule has 8 nitrogen and oxygen atoms in total. The largest absolute Gasteiger partial charge is 0.497 e. The SMILES string of the molecule is COc1ccc(Nc2nc3c(C)cc(C(=O)N(CCC(C)C)CCC(C)C)nc3n2CCCN2CCCCC2)cc1. The normalized spacial score (nSPS) is 14.2. The van der Waals surface area contributed by atoms with Gasteiger partial charge in [0.2, 0.25) is 5.95 Å². The van der Waals surface area contributed by atoms with Gasteiger partial charge in [0.15, 0.2) is 5.65 Å². The lowest BCUT2D eigenvalue weighted by Gasteiger charge is -2.26. The second-order valence-electron chi connectivity index (χ2n) is 12.4. The summed E-state index contributed by atoms with van der Waals surface area (Å²) in [6.07, 6.45) is 6.87. The molecule has 1 saturated heterocycles. The van der Waals surface area contributed by atoms with Crippen LogP contribution >= 0.6 is 0 Å². The van der Waals surface area contributed by atoms with Crippen molar-refractivity contribution in [3.8, 4) is 5.75 Å². The smallest absolute Gasteiger partial charge is 0.272 e. The highest BCUT2D eigenvalue weighted by Crippen LogP contribution is 2.27. The van der Waals surface area contributed by atoms with Crippen LogP contribution in [0, 0.1) is 18.8 Å². The van der Waals surface area contributed by atoms with Crippen molar-refractivity contribution in [2.75, 3.05) is 45.2 Å². The minimum absolute atomic E-state index is 0.0158. The van der Waals surface area contributed by atoms with Gasteiger partial charge in [-0.2, -0.15) is 0 Å². The van der Waals surface area contributed by atoms with E-state index in [1.165, 1.54) is 32.4 Å². The van der Waals surface area contributed by atoms with Crippen molar-refractivity contribution in [3.63, 3.8) is 0 Å². The van der Waals surface area contributed by atoms with Crippen LogP contribution in [-0.4, -0.2) is 70.1 Å². The highest BCUT2D eigenvalue weighted by Gasteiger charge is 2.22. The topological polar surface area (TPSA) is 75.5 Å². The van der Waals surface area contributed by atoms with E-state index in [4.69, 9.17) is 14.7 Å². The minimum atomic E-state index is 0.0158. The summed E-state index contributed by atoms with van der Waals surface area (Å²) >= 11 is 0. The van der Waals surface area contributed by atoms with Crippen LogP contribution in [0.4, 0.5) is 11.6 Å². The Morgan fingerprint density at radius 3 is 2.24 bits per heavy atom. The molecule has 1 fully saturated rings. The Kier molecular flexibility index (Phi) is 11.0. The molecule has 0 aliphatic carbocycles. The second kappa shape index (κ2) is 14.7. The zero-order valence-electron chi connectivity index (χ0n) is 26.1. The first-order valence-corrected chi connectivity index (χ1v) is 15.6. The third-order valence-electron chi connectivity index (χ3n) is 8.00. The van der Waals surface area contributed by atoms with Gasteiger partial charge < -0.3 is 19.9 Å². The standard InChI is InChI=1S/C33H50N6O2/c1-24(2)15-21-38(22-16-25(3)4)32(40)29-23-26(5)30-31(35-29)39(20-10-19-37-17-8-7-9-18-37)33(36-30)34-27-11-13-28(41-6)14-12-27/h11-14,23-25H,7-10,15-22H2,1-6H3,(H,34,36). The van der Waals surface area contributed by atoms with Crippen LogP contribution in [0.1, 0.15) is 82.3 Å². The van der Waals surface area contributed by atoms with Crippen LogP contribution in [0.2, 0.25) is 0 Å². The van der Waals surface area contributed by atoms with Gasteiger partial charge in [-0.1, -0.05) is 34.1 Å². The predicted molar refractivity (Wildman–Crippen MR) is 168 cm³/mol. The number of ether oxygens (including phenoxy) is 1. The number of nitrogens with zero attached hydrogens (tertiary/aromatic N) is 5. The van der Waals surface area contributed by atoms with Gasteiger partial charge in [0.1, 0.15) is 17.0 Å². The number of nitrogens with one attached hydrogen (secondary N) is 1. The Hall–Kier alpha value is -3.13. The summed E-state index contributed by atoms with van der Waals surface area (Å²) in [5, 5.41) is 3.51. The van der Waals surface area contributed by atoms with E-state index in [-0.39, 0.29) is 5.91 Å². The number of aromatic nitrogens is 3. The monoisotopic (exact) mass is 562 g/mol. The van der Waals surface area contributed by atoms with Crippen molar-refractivity contribution >= 4 is 28.7 Å². The van der Waals surface area contributed by atoms with Crippen LogP contribution in [-0.2, 0) is 6.54 Å². The lowest BCUT2D eigenvalue weighted by molar-refractivity contribution is 0.0735. The number of rotatable bonds is 14. The lowest BCUT2D eigenvalue weighted by Crippen LogP contribution is -2.34. The molecule has 0 saturated carbocycles. The van der Waals surface area contributed by atoms with Gasteiger partial charge >= 0.3 is 0 Å². The molecule has 1 aliphatic rings. The number of piperidine rings is 1. The van der Waals surface area contributed by atoms with Crippen LogP contribution in [0.25, 0.3) is 11.2 Å². The van der Waals surface area contributed by atoms with E-state index in [1.807, 2.05) is 42.2 Å². The second-order valence-corrected chi connectivity index (χ2v) is 12.4. The number of imidazole rings is 1. The fraction of sp³-hybridized carbons (Fsp3) is 0.606. The van der Waals surface area contributed by atoms with Gasteiger partial charge in [-0.25, -0.2) is 9.97 Å². The van der Waals surface area contributed by atoms with E-state index >= 15 is 0 Å². The first-order chi connectivity index (χ1) is 19.7. The molecule has 4 rings (SSSR count). The number of aryl methyl sites for hydroxylation is 2. The molecular weight excluding hydrogens is 512 g/mol. The Morgan fingerprint density at radius 1 is 0.976 bits per heavy atom. The van der Waals surface area contributed by atoms with Gasteiger partial charge in [0, 0.05) is 25.3 Å². The number of carbonyl (C=O) groups excluding carboxylic acids is 1. The summed E-state index contributed by atoms with van der Waals surface area (Å²) in [6.45, 7) is 16.6. The Bertz CT molecular complexity index is 1250. The third kappa shape index (κ3) is 8.44. The van der Waals surface area contributed by atoms with E-state index in [0.29, 0.717) is 17.5 Å². The number of likely N-dealkylation sites (tertiary alicyclic amines) is 1. The molecule has 41 heavy (non-hydrogen) atoms. The van der Waals surface area contributed by atoms with Gasteiger partial charge in [-0.05, 0) is 106 Å². The van der Waals surface area contributed by atoms with Crippen molar-refractivity contribution in [2.24, 2.45) is 11.8 Å². The Morgan fingerprint density at radius 2 is 1.63 bits per heavy atom. The molecule has 0 bridgehead atoms. The van der Waals surface area contributed by atoms with E-state index in [0.717, 1.165) is 79.6 Å². The average Bonchev–Trinajstić information content (AvgIpc) is 3.30. The number of fused-ring (bicyclic) bond motifs is 1. The maximum Gasteiger partial charge on any atom is 0.272 e. The highest BCUT2D eigenvalue weighted by molar-refractivity contribution is 5.95. The number of pyridine rings is 1. The van der Waals surface area contributed by atoms with E-state index in [1.54, 1.807) is 7.11 Å². The molecule has 0 unspecified atom stereocenters. The molecule has 0 spiro atoms. The molecule has 1 aliphatic heterocycles. The number of amides is 1. The number of anilines is 2. The molecule has 0 atom stereocenters. The summed E-state index contributed by atoms with van der Waals surface area (Å²) < 4.78 is 7.50. The highest BCUT2D eigenvalue weighted by atomic mass is 16.5. The molecule has 2 aromatic heterocycles. The number of hydrogen-bond donors (Lipinski definition) is 1. The van der Waals surface area contributed by atoms with Crippen molar-refractivity contribution < 1.29 is 9.53 Å². The van der Waals surface area contributed by atoms with Crippen molar-refractivity contribution in [2.45, 2.75) is 79.7 Å². The molecule has 1 aromatic carbocycles. The third-order valence-corrected chi connectivity index (χ3v) is 8.00. The Labute approximate surface area is 246 Å². The first-order valence-electron chi connectivity index (χ1n) is 15.6. The van der Waals surface area contributed by atoms with Gasteiger partial charge in [-0.15, -0.1) is 0 Å². The Balaban J connectivity index is 1.65. The molecule has 1 N–H and O–H groups in total. The fourth-order valence-corrected chi connectivity index (χ4v) is 5.40. The summed E-state index contributed by atoms with van der Waals surface area (Å²) in [6, 6.07) is 9.79. The number of methoxy groups -OCH3 is 1. The number of carbonyl (C=O) groups is 1. The predicted octanol–water partition coefficient (Wildman–Crippen LogP) is 6.90. The van der Waals surface area contributed by atoms with Crippen molar-refractivity contribution in [1.82, 2.24) is 24.3 Å². The lowest BCUT2D eigenvalue weighted by atomic mass is 10.1. The quantitative estimate of drug-likeness (QED) is 0.230. The van der Waals surface area contributed by atoms with Gasteiger partial charge in [0.05, 0.1) is 7.11 Å². The van der Waals surface area contributed by atoms with Crippen molar-refractivity contribution in [1.29, 1.82) is 0 Å². The zero-order chi connectivity index (χ0) is 29.4. The van der Waals surface area contributed by atoms with Crippen molar-refractivity contribution in [3.05, 3.63) is 41.6 Å². The summed E-state index contributed by atoms with van der Waals surface area (Å²) in [5.74, 6) is 2.65. The molecule has 0 radical (unpaired) electrons. The van der Waals surface area contributed by atoms with Gasteiger partial charge in [-0.3, -0.25) is 9.36 Å².